The Hall–Kier alpha value is -3.12. The lowest BCUT2D eigenvalue weighted by Gasteiger charge is -2.27. The van der Waals surface area contributed by atoms with E-state index in [0.717, 1.165) is 29.1 Å². The number of carbonyl (C=O) groups is 1. The summed E-state index contributed by atoms with van der Waals surface area (Å²) in [5.74, 6) is -0.532. The van der Waals surface area contributed by atoms with Gasteiger partial charge in [0, 0.05) is 18.8 Å². The van der Waals surface area contributed by atoms with Gasteiger partial charge in [-0.3, -0.25) is 9.10 Å². The van der Waals surface area contributed by atoms with Crippen LogP contribution in [-0.2, 0) is 24.8 Å². The number of nitrogens with zero attached hydrogens (tertiary/aromatic N) is 2. The number of sulfonamides is 2. The molecule has 1 aliphatic heterocycles. The molecule has 4 rings (SSSR count). The molecule has 3 aromatic carbocycles. The van der Waals surface area contributed by atoms with Crippen LogP contribution in [0.2, 0.25) is 5.02 Å². The highest BCUT2D eigenvalue weighted by atomic mass is 35.5. The Kier molecular flexibility index (Phi) is 8.85. The van der Waals surface area contributed by atoms with Crippen molar-refractivity contribution in [1.29, 1.82) is 0 Å². The fourth-order valence-corrected chi connectivity index (χ4v) is 7.75. The summed E-state index contributed by atoms with van der Waals surface area (Å²) in [4.78, 5) is 13.1. The highest BCUT2D eigenvalue weighted by Crippen LogP contribution is 2.33. The van der Waals surface area contributed by atoms with Gasteiger partial charge in [0.15, 0.2) is 0 Å². The van der Waals surface area contributed by atoms with E-state index in [1.165, 1.54) is 53.9 Å². The maximum Gasteiger partial charge on any atom is 0.264 e. The van der Waals surface area contributed by atoms with Gasteiger partial charge in [0.1, 0.15) is 17.2 Å². The van der Waals surface area contributed by atoms with E-state index < -0.39 is 32.5 Å². The number of piperidine rings is 1. The van der Waals surface area contributed by atoms with Gasteiger partial charge in [-0.2, -0.15) is 4.31 Å². The summed E-state index contributed by atoms with van der Waals surface area (Å²) < 4.78 is 61.6. The summed E-state index contributed by atoms with van der Waals surface area (Å²) in [6.07, 6.45) is 2.50. The molecule has 0 saturated carbocycles. The number of nitrogens with one attached hydrogen (secondary N) is 1. The molecule has 39 heavy (non-hydrogen) atoms. The molecule has 0 bridgehead atoms. The number of amides is 1. The first-order chi connectivity index (χ1) is 18.5. The van der Waals surface area contributed by atoms with Gasteiger partial charge >= 0.3 is 0 Å². The Balaban J connectivity index is 1.65. The number of rotatable bonds is 9. The Morgan fingerprint density at radius 3 is 2.28 bits per heavy atom. The number of anilines is 2. The lowest BCUT2D eigenvalue weighted by Crippen LogP contribution is -2.38. The smallest absolute Gasteiger partial charge is 0.264 e. The van der Waals surface area contributed by atoms with E-state index in [4.69, 9.17) is 16.3 Å². The van der Waals surface area contributed by atoms with Crippen LogP contribution in [-0.4, -0.2) is 53.8 Å². The van der Waals surface area contributed by atoms with E-state index >= 15 is 0 Å². The second-order valence-electron chi connectivity index (χ2n) is 9.15. The van der Waals surface area contributed by atoms with Gasteiger partial charge in [-0.15, -0.1) is 0 Å². The quantitative estimate of drug-likeness (QED) is 0.387. The van der Waals surface area contributed by atoms with E-state index in [-0.39, 0.29) is 31.9 Å². The normalized spacial score (nSPS) is 14.5. The molecule has 3 aromatic rings. The van der Waals surface area contributed by atoms with Crippen LogP contribution >= 0.6 is 11.6 Å². The van der Waals surface area contributed by atoms with Crippen molar-refractivity contribution in [2.24, 2.45) is 0 Å². The maximum absolute atomic E-state index is 13.6. The van der Waals surface area contributed by atoms with Gasteiger partial charge in [0.2, 0.25) is 15.9 Å². The van der Waals surface area contributed by atoms with Crippen LogP contribution in [0.5, 0.6) is 5.75 Å². The predicted molar refractivity (Wildman–Crippen MR) is 151 cm³/mol. The van der Waals surface area contributed by atoms with Crippen molar-refractivity contribution in [1.82, 2.24) is 4.31 Å². The molecule has 0 unspecified atom stereocenters. The van der Waals surface area contributed by atoms with E-state index in [2.05, 4.69) is 5.32 Å². The van der Waals surface area contributed by atoms with Crippen molar-refractivity contribution in [3.63, 3.8) is 0 Å². The van der Waals surface area contributed by atoms with E-state index in [1.54, 1.807) is 24.3 Å². The molecule has 1 aliphatic rings. The minimum absolute atomic E-state index is 0.000165. The minimum atomic E-state index is -4.17. The zero-order chi connectivity index (χ0) is 28.2. The molecule has 1 amide bonds. The molecule has 0 aromatic heterocycles. The highest BCUT2D eigenvalue weighted by molar-refractivity contribution is 7.93. The van der Waals surface area contributed by atoms with Crippen molar-refractivity contribution in [3.05, 3.63) is 77.3 Å². The number of hydrogen-bond donors (Lipinski definition) is 1. The van der Waals surface area contributed by atoms with Crippen molar-refractivity contribution >= 4 is 48.9 Å². The van der Waals surface area contributed by atoms with Crippen LogP contribution in [0.3, 0.4) is 0 Å². The third-order valence-corrected chi connectivity index (χ3v) is 10.4. The third kappa shape index (κ3) is 6.38. The summed E-state index contributed by atoms with van der Waals surface area (Å²) in [7, 11) is -6.66. The van der Waals surface area contributed by atoms with E-state index in [9.17, 15) is 21.6 Å². The Labute approximate surface area is 234 Å². The van der Waals surface area contributed by atoms with Crippen molar-refractivity contribution in [2.75, 3.05) is 36.4 Å². The Morgan fingerprint density at radius 1 is 0.974 bits per heavy atom. The first-order valence-electron chi connectivity index (χ1n) is 12.4. The average molecular weight is 592 g/mol. The molecule has 0 atom stereocenters. The fraction of sp³-hybridized carbons (Fsp3) is 0.296. The lowest BCUT2D eigenvalue weighted by molar-refractivity contribution is -0.114. The summed E-state index contributed by atoms with van der Waals surface area (Å²) >= 11 is 6.34. The summed E-state index contributed by atoms with van der Waals surface area (Å²) in [6.45, 7) is 2.06. The highest BCUT2D eigenvalue weighted by Gasteiger charge is 2.31. The Bertz CT molecular complexity index is 1550. The number of halogens is 1. The molecular weight excluding hydrogens is 562 g/mol. The topological polar surface area (TPSA) is 113 Å². The molecule has 0 aliphatic carbocycles. The molecule has 0 radical (unpaired) electrons. The predicted octanol–water partition coefficient (Wildman–Crippen LogP) is 4.67. The summed E-state index contributed by atoms with van der Waals surface area (Å²) in [5.41, 5.74) is 1.20. The molecule has 12 heteroatoms. The molecule has 1 N–H and O–H groups in total. The van der Waals surface area contributed by atoms with E-state index in [0.29, 0.717) is 13.1 Å². The summed E-state index contributed by atoms with van der Waals surface area (Å²) in [5, 5.41) is 2.79. The number of carbonyl (C=O) groups excluding carboxylic acids is 1. The zero-order valence-electron chi connectivity index (χ0n) is 21.6. The second-order valence-corrected chi connectivity index (χ2v) is 13.3. The summed E-state index contributed by atoms with van der Waals surface area (Å²) in [6, 6.07) is 16.9. The number of hydrogen-bond acceptors (Lipinski definition) is 6. The number of ether oxygens (including phenoxy) is 1. The molecule has 1 saturated heterocycles. The largest absolute Gasteiger partial charge is 0.495 e. The molecule has 0 spiro atoms. The average Bonchev–Trinajstić information content (AvgIpc) is 2.93. The van der Waals surface area contributed by atoms with Crippen LogP contribution in [0.25, 0.3) is 0 Å². The SMILES string of the molecule is COc1ccc(NC(=O)CN(c2ccccc2Cl)S(=O)(=O)c2ccc(C)cc2)cc1S(=O)(=O)N1CCCCC1. The second kappa shape index (κ2) is 12.0. The monoisotopic (exact) mass is 591 g/mol. The molecule has 1 fully saturated rings. The van der Waals surface area contributed by atoms with Gasteiger partial charge in [-0.05, 0) is 62.2 Å². The van der Waals surface area contributed by atoms with Crippen LogP contribution < -0.4 is 14.4 Å². The molecule has 208 valence electrons. The van der Waals surface area contributed by atoms with Gasteiger partial charge < -0.3 is 10.1 Å². The standard InChI is InChI=1S/C27H30ClN3O6S2/c1-20-10-13-22(14-11-20)38(33,34)31(24-9-5-4-8-23(24)28)19-27(32)29-21-12-15-25(37-2)26(18-21)39(35,36)30-16-6-3-7-17-30/h4-5,8-15,18H,3,6-7,16-17,19H2,1-2H3,(H,29,32). The zero-order valence-corrected chi connectivity index (χ0v) is 24.0. The van der Waals surface area contributed by atoms with Gasteiger partial charge in [-0.1, -0.05) is 47.9 Å². The Morgan fingerprint density at radius 2 is 1.64 bits per heavy atom. The van der Waals surface area contributed by atoms with Crippen molar-refractivity contribution in [2.45, 2.75) is 36.0 Å². The number of para-hydroxylation sites is 1. The maximum atomic E-state index is 13.6. The molecular formula is C27H30ClN3O6S2. The third-order valence-electron chi connectivity index (χ3n) is 6.40. The molecule has 9 nitrogen and oxygen atoms in total. The van der Waals surface area contributed by atoms with Crippen LogP contribution in [0.1, 0.15) is 24.8 Å². The first-order valence-corrected chi connectivity index (χ1v) is 15.6. The minimum Gasteiger partial charge on any atom is -0.495 e. The van der Waals surface area contributed by atoms with Gasteiger partial charge in [-0.25, -0.2) is 16.8 Å². The first kappa shape index (κ1) is 28.9. The van der Waals surface area contributed by atoms with Crippen LogP contribution in [0, 0.1) is 6.92 Å². The molecule has 1 heterocycles. The van der Waals surface area contributed by atoms with Gasteiger partial charge in [0.25, 0.3) is 10.0 Å². The van der Waals surface area contributed by atoms with Crippen molar-refractivity contribution < 1.29 is 26.4 Å². The number of benzene rings is 3. The lowest BCUT2D eigenvalue weighted by atomic mass is 10.2. The fourth-order valence-electron chi connectivity index (χ4n) is 4.32. The van der Waals surface area contributed by atoms with Gasteiger partial charge in [0.05, 0.1) is 22.7 Å². The van der Waals surface area contributed by atoms with Crippen LogP contribution in [0.4, 0.5) is 11.4 Å². The van der Waals surface area contributed by atoms with Crippen LogP contribution in [0.15, 0.2) is 76.5 Å². The number of methoxy groups -OCH3 is 1. The van der Waals surface area contributed by atoms with E-state index in [1.807, 2.05) is 6.92 Å². The van der Waals surface area contributed by atoms with Crippen molar-refractivity contribution in [3.8, 4) is 5.75 Å². The number of aryl methyl sites for hydroxylation is 1.